The summed E-state index contributed by atoms with van der Waals surface area (Å²) in [5.41, 5.74) is 2.50. The molecule has 2 aromatic rings. The van der Waals surface area contributed by atoms with Crippen LogP contribution in [0.3, 0.4) is 0 Å². The van der Waals surface area contributed by atoms with Gasteiger partial charge in [-0.15, -0.1) is 4.91 Å². The highest BCUT2D eigenvalue weighted by atomic mass is 19.1. The summed E-state index contributed by atoms with van der Waals surface area (Å²) < 4.78 is 32.0. The molecular weight excluding hydrogens is 402 g/mol. The van der Waals surface area contributed by atoms with Gasteiger partial charge in [0.15, 0.2) is 0 Å². The molecule has 5 nitrogen and oxygen atoms in total. The fourth-order valence-corrected chi connectivity index (χ4v) is 3.72. The molecule has 0 saturated carbocycles. The molecule has 1 unspecified atom stereocenters. The van der Waals surface area contributed by atoms with E-state index in [0.717, 1.165) is 30.5 Å². The Morgan fingerprint density at radius 3 is 2.45 bits per heavy atom. The van der Waals surface area contributed by atoms with Gasteiger partial charge in [-0.05, 0) is 54.7 Å². The molecule has 0 aliphatic rings. The zero-order valence-electron chi connectivity index (χ0n) is 18.4. The Morgan fingerprint density at radius 2 is 1.84 bits per heavy atom. The summed E-state index contributed by atoms with van der Waals surface area (Å²) in [6, 6.07) is 11.1. The maximum atomic E-state index is 13.4. The predicted molar refractivity (Wildman–Crippen MR) is 116 cm³/mol. The third-order valence-corrected chi connectivity index (χ3v) is 5.68. The number of hydrogen-bond donors (Lipinski definition) is 1. The number of hydrogen-bond acceptors (Lipinski definition) is 3. The highest BCUT2D eigenvalue weighted by Gasteiger charge is 2.26. The molecule has 1 N–H and O–H groups in total. The first-order chi connectivity index (χ1) is 14.8. The van der Waals surface area contributed by atoms with E-state index in [1.807, 2.05) is 19.2 Å². The van der Waals surface area contributed by atoms with Crippen LogP contribution in [-0.4, -0.2) is 33.2 Å². The maximum absolute atomic E-state index is 13.4. The molecule has 3 atom stereocenters. The highest BCUT2D eigenvalue weighted by Crippen LogP contribution is 2.27. The molecule has 168 valence electrons. The van der Waals surface area contributed by atoms with Crippen molar-refractivity contribution in [3.8, 4) is 0 Å². The molecule has 0 spiro atoms. The first-order valence-corrected chi connectivity index (χ1v) is 10.6. The topological polar surface area (TPSA) is 60.2 Å². The van der Waals surface area contributed by atoms with Crippen molar-refractivity contribution in [1.29, 1.82) is 0 Å². The van der Waals surface area contributed by atoms with Crippen LogP contribution >= 0.6 is 0 Å². The third kappa shape index (κ3) is 7.92. The molecule has 1 amide bonds. The molecule has 0 aromatic heterocycles. The third-order valence-electron chi connectivity index (χ3n) is 5.68. The fourth-order valence-electron chi connectivity index (χ4n) is 3.72. The number of methoxy groups -OCH3 is 1. The molecule has 2 rings (SSSR count). The van der Waals surface area contributed by atoms with Gasteiger partial charge in [0.2, 0.25) is 0 Å². The zero-order valence-corrected chi connectivity index (χ0v) is 18.4. The normalized spacial score (nSPS) is 14.1. The zero-order chi connectivity index (χ0) is 22.8. The standard InChI is InChI=1S/C24H30F2N2O3/c1-17-15-18(6-11-22(17)26)5-4-13-28(2)14-12-20(24(29)27-30)16-23(31-3)19-7-9-21(25)10-8-19/h6-11,15,20,23H,4-5,12-14,16H2,1-3H3/p+1/t20-,23+/m0/s1. The summed E-state index contributed by atoms with van der Waals surface area (Å²) in [6.45, 7) is 3.35. The minimum atomic E-state index is -0.682. The van der Waals surface area contributed by atoms with Crippen molar-refractivity contribution in [2.24, 2.45) is 11.1 Å². The van der Waals surface area contributed by atoms with E-state index in [1.54, 1.807) is 19.1 Å². The van der Waals surface area contributed by atoms with Gasteiger partial charge >= 0.3 is 0 Å². The number of nitrogens with zero attached hydrogens (tertiary/aromatic N) is 1. The van der Waals surface area contributed by atoms with Gasteiger partial charge in [0, 0.05) is 25.1 Å². The lowest BCUT2D eigenvalue weighted by molar-refractivity contribution is -0.880. The summed E-state index contributed by atoms with van der Waals surface area (Å²) in [4.78, 5) is 24.2. The van der Waals surface area contributed by atoms with Gasteiger partial charge in [-0.1, -0.05) is 24.3 Å². The SMILES string of the molecule is CO[C@H](C[C@H](CC[NH+](C)CCCc1ccc(F)c(C)c1)C(=O)N=O)c1ccc(F)cc1. The van der Waals surface area contributed by atoms with Crippen LogP contribution in [-0.2, 0) is 16.0 Å². The Kier molecular flexibility index (Phi) is 9.88. The molecule has 0 heterocycles. The van der Waals surface area contributed by atoms with E-state index in [-0.39, 0.29) is 11.6 Å². The van der Waals surface area contributed by atoms with Crippen LogP contribution in [0, 0.1) is 29.4 Å². The van der Waals surface area contributed by atoms with E-state index < -0.39 is 17.9 Å². The summed E-state index contributed by atoms with van der Waals surface area (Å²) in [7, 11) is 3.57. The Morgan fingerprint density at radius 1 is 1.13 bits per heavy atom. The number of quaternary nitrogens is 1. The molecule has 0 radical (unpaired) electrons. The number of benzene rings is 2. The number of halogens is 2. The summed E-state index contributed by atoms with van der Waals surface area (Å²) >= 11 is 0. The van der Waals surface area contributed by atoms with Gasteiger partial charge < -0.3 is 9.64 Å². The lowest BCUT2D eigenvalue weighted by Gasteiger charge is -2.22. The number of amides is 1. The quantitative estimate of drug-likeness (QED) is 0.518. The molecule has 2 aromatic carbocycles. The Bertz CT molecular complexity index is 858. The van der Waals surface area contributed by atoms with Crippen molar-refractivity contribution in [1.82, 2.24) is 0 Å². The number of nitroso groups, excluding NO2 is 1. The molecular formula is C24H31F2N2O3+. The van der Waals surface area contributed by atoms with Crippen LogP contribution in [0.5, 0.6) is 0 Å². The van der Waals surface area contributed by atoms with E-state index in [9.17, 15) is 18.5 Å². The number of nitrogens with one attached hydrogen (secondary N) is 1. The second-order valence-corrected chi connectivity index (χ2v) is 8.07. The molecule has 0 aliphatic heterocycles. The first-order valence-electron chi connectivity index (χ1n) is 10.6. The van der Waals surface area contributed by atoms with Crippen molar-refractivity contribution in [2.75, 3.05) is 27.2 Å². The van der Waals surface area contributed by atoms with Crippen LogP contribution in [0.15, 0.2) is 47.6 Å². The van der Waals surface area contributed by atoms with E-state index >= 15 is 0 Å². The number of rotatable bonds is 12. The largest absolute Gasteiger partial charge is 0.377 e. The minimum Gasteiger partial charge on any atom is -0.377 e. The highest BCUT2D eigenvalue weighted by molar-refractivity contribution is 5.79. The van der Waals surface area contributed by atoms with Crippen LogP contribution in [0.1, 0.15) is 42.1 Å². The van der Waals surface area contributed by atoms with Gasteiger partial charge in [-0.25, -0.2) is 8.78 Å². The van der Waals surface area contributed by atoms with E-state index in [0.29, 0.717) is 24.9 Å². The summed E-state index contributed by atoms with van der Waals surface area (Å²) in [6.07, 6.45) is 2.19. The van der Waals surface area contributed by atoms with E-state index in [2.05, 4.69) is 5.18 Å². The van der Waals surface area contributed by atoms with Gasteiger partial charge in [0.1, 0.15) is 11.6 Å². The van der Waals surface area contributed by atoms with Crippen LogP contribution in [0.4, 0.5) is 8.78 Å². The monoisotopic (exact) mass is 433 g/mol. The minimum absolute atomic E-state index is 0.194. The Hall–Kier alpha value is -2.51. The average molecular weight is 434 g/mol. The smallest absolute Gasteiger partial charge is 0.289 e. The predicted octanol–water partition coefficient (Wildman–Crippen LogP) is 3.80. The molecule has 0 saturated heterocycles. The molecule has 0 bridgehead atoms. The van der Waals surface area contributed by atoms with Crippen LogP contribution < -0.4 is 4.90 Å². The number of aryl methyl sites for hydroxylation is 2. The second kappa shape index (κ2) is 12.4. The lowest BCUT2D eigenvalue weighted by Crippen LogP contribution is -3.09. The second-order valence-electron chi connectivity index (χ2n) is 8.07. The Labute approximate surface area is 182 Å². The Balaban J connectivity index is 1.86. The van der Waals surface area contributed by atoms with E-state index in [1.165, 1.54) is 30.2 Å². The van der Waals surface area contributed by atoms with Crippen molar-refractivity contribution in [3.05, 3.63) is 75.7 Å². The molecule has 0 fully saturated rings. The van der Waals surface area contributed by atoms with Crippen molar-refractivity contribution in [3.63, 3.8) is 0 Å². The fraction of sp³-hybridized carbons (Fsp3) is 0.458. The number of carbonyl (C=O) groups excluding carboxylic acids is 1. The van der Waals surface area contributed by atoms with Crippen molar-refractivity contribution < 1.29 is 23.2 Å². The van der Waals surface area contributed by atoms with Gasteiger partial charge in [0.05, 0.1) is 32.2 Å². The molecule has 0 aliphatic carbocycles. The summed E-state index contributed by atoms with van der Waals surface area (Å²) in [5, 5.41) is 2.63. The number of carbonyl (C=O) groups is 1. The van der Waals surface area contributed by atoms with Crippen molar-refractivity contribution >= 4 is 5.91 Å². The molecule has 7 heteroatoms. The maximum Gasteiger partial charge on any atom is 0.289 e. The average Bonchev–Trinajstić information content (AvgIpc) is 2.76. The van der Waals surface area contributed by atoms with Gasteiger partial charge in [-0.2, -0.15) is 0 Å². The molecule has 31 heavy (non-hydrogen) atoms. The first kappa shape index (κ1) is 24.8. The van der Waals surface area contributed by atoms with Crippen molar-refractivity contribution in [2.45, 2.75) is 38.7 Å². The van der Waals surface area contributed by atoms with Gasteiger partial charge in [0.25, 0.3) is 5.91 Å². The summed E-state index contributed by atoms with van der Waals surface area (Å²) in [5.74, 6) is -1.77. The van der Waals surface area contributed by atoms with E-state index in [4.69, 9.17) is 4.74 Å². The van der Waals surface area contributed by atoms with Gasteiger partial charge in [-0.3, -0.25) is 4.79 Å². The number of ether oxygens (including phenoxy) is 1. The lowest BCUT2D eigenvalue weighted by atomic mass is 9.93. The van der Waals surface area contributed by atoms with Crippen LogP contribution in [0.25, 0.3) is 0 Å². The van der Waals surface area contributed by atoms with Crippen LogP contribution in [0.2, 0.25) is 0 Å².